The number of nitrogens with one attached hydrogen (secondary N) is 1. The normalized spacial score (nSPS) is 16.2. The van der Waals surface area contributed by atoms with Gasteiger partial charge >= 0.3 is 0 Å². The molecule has 5 heteroatoms. The molecule has 20 heavy (non-hydrogen) atoms. The summed E-state index contributed by atoms with van der Waals surface area (Å²) < 4.78 is 27.0. The molecule has 0 spiro atoms. The second-order valence-electron chi connectivity index (χ2n) is 5.33. The molecule has 0 aliphatic heterocycles. The average Bonchev–Trinajstić information content (AvgIpc) is 2.42. The van der Waals surface area contributed by atoms with Crippen molar-refractivity contribution in [1.82, 2.24) is 5.32 Å². The Bertz CT molecular complexity index is 422. The highest BCUT2D eigenvalue weighted by Crippen LogP contribution is 2.25. The summed E-state index contributed by atoms with van der Waals surface area (Å²) in [5.74, 6) is -1.23. The fraction of sp³-hybridized carbons (Fsp3) is 0.600. The quantitative estimate of drug-likeness (QED) is 0.722. The van der Waals surface area contributed by atoms with Gasteiger partial charge in [-0.15, -0.1) is 0 Å². The van der Waals surface area contributed by atoms with Crippen LogP contribution in [0.1, 0.15) is 38.9 Å². The molecule has 0 aliphatic carbocycles. The second-order valence-corrected chi connectivity index (χ2v) is 5.33. The first kappa shape index (κ1) is 17.0. The van der Waals surface area contributed by atoms with Crippen molar-refractivity contribution in [2.45, 2.75) is 45.4 Å². The Labute approximate surface area is 118 Å². The maximum absolute atomic E-state index is 13.7. The van der Waals surface area contributed by atoms with E-state index >= 15 is 0 Å². The van der Waals surface area contributed by atoms with Crippen molar-refractivity contribution in [3.05, 3.63) is 35.4 Å². The maximum Gasteiger partial charge on any atom is 0.129 e. The fourth-order valence-corrected chi connectivity index (χ4v) is 2.15. The first-order valence-corrected chi connectivity index (χ1v) is 6.90. The van der Waals surface area contributed by atoms with Gasteiger partial charge in [0.25, 0.3) is 0 Å². The largest absolute Gasteiger partial charge is 0.395 e. The SMILES string of the molecule is CCC(CO)NC(C(C)C)C(O)c1cc(F)ccc1F. The van der Waals surface area contributed by atoms with Crippen molar-refractivity contribution in [2.24, 2.45) is 5.92 Å². The topological polar surface area (TPSA) is 52.5 Å². The molecule has 0 aromatic heterocycles. The van der Waals surface area contributed by atoms with Crippen LogP contribution in [0.3, 0.4) is 0 Å². The number of benzene rings is 1. The predicted octanol–water partition coefficient (Wildman–Crippen LogP) is 2.38. The van der Waals surface area contributed by atoms with E-state index in [2.05, 4.69) is 5.32 Å². The van der Waals surface area contributed by atoms with E-state index in [1.165, 1.54) is 0 Å². The first-order chi connectivity index (χ1) is 9.40. The van der Waals surface area contributed by atoms with Crippen LogP contribution in [0.4, 0.5) is 8.78 Å². The first-order valence-electron chi connectivity index (χ1n) is 6.90. The molecule has 0 fully saturated rings. The van der Waals surface area contributed by atoms with Gasteiger partial charge in [0, 0.05) is 17.6 Å². The lowest BCUT2D eigenvalue weighted by Crippen LogP contribution is -2.46. The molecule has 1 aromatic rings. The lowest BCUT2D eigenvalue weighted by atomic mass is 9.92. The van der Waals surface area contributed by atoms with E-state index in [0.717, 1.165) is 18.2 Å². The molecule has 3 unspecified atom stereocenters. The van der Waals surface area contributed by atoms with Crippen molar-refractivity contribution < 1.29 is 19.0 Å². The molecule has 0 radical (unpaired) electrons. The van der Waals surface area contributed by atoms with Gasteiger partial charge in [0.1, 0.15) is 11.6 Å². The summed E-state index contributed by atoms with van der Waals surface area (Å²) in [6.45, 7) is 5.59. The van der Waals surface area contributed by atoms with Crippen LogP contribution in [0.15, 0.2) is 18.2 Å². The maximum atomic E-state index is 13.7. The van der Waals surface area contributed by atoms with Crippen molar-refractivity contribution in [3.8, 4) is 0 Å². The number of hydrogen-bond donors (Lipinski definition) is 3. The second kappa shape index (κ2) is 7.67. The van der Waals surface area contributed by atoms with Crippen molar-refractivity contribution >= 4 is 0 Å². The minimum atomic E-state index is -1.17. The van der Waals surface area contributed by atoms with E-state index in [9.17, 15) is 19.0 Å². The highest BCUT2D eigenvalue weighted by atomic mass is 19.1. The summed E-state index contributed by atoms with van der Waals surface area (Å²) in [5.41, 5.74) is -0.0657. The fourth-order valence-electron chi connectivity index (χ4n) is 2.15. The summed E-state index contributed by atoms with van der Waals surface area (Å²) >= 11 is 0. The van der Waals surface area contributed by atoms with E-state index in [1.54, 1.807) is 0 Å². The standard InChI is InChI=1S/C15H23F2NO2/c1-4-11(8-19)18-14(9(2)3)15(20)12-7-10(16)5-6-13(12)17/h5-7,9,11,14-15,18-20H,4,8H2,1-3H3. The van der Waals surface area contributed by atoms with E-state index < -0.39 is 23.8 Å². The molecule has 3 N–H and O–H groups in total. The summed E-state index contributed by atoms with van der Waals surface area (Å²) in [4.78, 5) is 0. The Morgan fingerprint density at radius 3 is 2.40 bits per heavy atom. The van der Waals surface area contributed by atoms with Gasteiger partial charge in [-0.3, -0.25) is 0 Å². The molecule has 3 nitrogen and oxygen atoms in total. The van der Waals surface area contributed by atoms with Crippen LogP contribution in [0.2, 0.25) is 0 Å². The molecule has 3 atom stereocenters. The Morgan fingerprint density at radius 1 is 1.25 bits per heavy atom. The summed E-state index contributed by atoms with van der Waals surface area (Å²) in [5, 5.41) is 22.7. The molecule has 0 saturated carbocycles. The zero-order valence-corrected chi connectivity index (χ0v) is 12.1. The molecule has 0 heterocycles. The summed E-state index contributed by atoms with van der Waals surface area (Å²) in [6, 6.07) is 2.38. The van der Waals surface area contributed by atoms with Gasteiger partial charge in [-0.1, -0.05) is 20.8 Å². The molecule has 0 saturated heterocycles. The number of aliphatic hydroxyl groups excluding tert-OH is 2. The Balaban J connectivity index is 2.99. The van der Waals surface area contributed by atoms with Crippen molar-refractivity contribution in [1.29, 1.82) is 0 Å². The zero-order valence-electron chi connectivity index (χ0n) is 12.1. The van der Waals surface area contributed by atoms with Crippen molar-refractivity contribution in [2.75, 3.05) is 6.61 Å². The number of aliphatic hydroxyl groups is 2. The molecule has 0 aliphatic rings. The molecular weight excluding hydrogens is 264 g/mol. The van der Waals surface area contributed by atoms with Gasteiger partial charge in [0.05, 0.1) is 12.7 Å². The summed E-state index contributed by atoms with van der Waals surface area (Å²) in [6.07, 6.45) is -0.496. The van der Waals surface area contributed by atoms with Crippen LogP contribution < -0.4 is 5.32 Å². The third-order valence-electron chi connectivity index (χ3n) is 3.48. The molecule has 0 bridgehead atoms. The van der Waals surface area contributed by atoms with Gasteiger partial charge < -0.3 is 15.5 Å². The number of rotatable bonds is 7. The lowest BCUT2D eigenvalue weighted by molar-refractivity contribution is 0.0855. The minimum Gasteiger partial charge on any atom is -0.395 e. The van der Waals surface area contributed by atoms with Gasteiger partial charge in [-0.25, -0.2) is 8.78 Å². The third kappa shape index (κ3) is 4.23. The van der Waals surface area contributed by atoms with E-state index in [4.69, 9.17) is 0 Å². The van der Waals surface area contributed by atoms with Crippen LogP contribution in [0.5, 0.6) is 0 Å². The van der Waals surface area contributed by atoms with Gasteiger partial charge in [-0.2, -0.15) is 0 Å². The van der Waals surface area contributed by atoms with Crippen LogP contribution in [-0.4, -0.2) is 28.9 Å². The van der Waals surface area contributed by atoms with E-state index in [1.807, 2.05) is 20.8 Å². The van der Waals surface area contributed by atoms with Gasteiger partial charge in [0.15, 0.2) is 0 Å². The smallest absolute Gasteiger partial charge is 0.129 e. The highest BCUT2D eigenvalue weighted by molar-refractivity contribution is 5.22. The highest BCUT2D eigenvalue weighted by Gasteiger charge is 2.28. The molecule has 1 aromatic carbocycles. The van der Waals surface area contributed by atoms with Crippen LogP contribution in [0, 0.1) is 17.6 Å². The molecule has 0 amide bonds. The Hall–Kier alpha value is -1.04. The molecule has 114 valence electrons. The zero-order chi connectivity index (χ0) is 15.3. The lowest BCUT2D eigenvalue weighted by Gasteiger charge is -2.31. The van der Waals surface area contributed by atoms with Gasteiger partial charge in [-0.05, 0) is 30.5 Å². The average molecular weight is 287 g/mol. The van der Waals surface area contributed by atoms with Gasteiger partial charge in [0.2, 0.25) is 0 Å². The van der Waals surface area contributed by atoms with Crippen LogP contribution in [0.25, 0.3) is 0 Å². The Kier molecular flexibility index (Phi) is 6.52. The summed E-state index contributed by atoms with van der Waals surface area (Å²) in [7, 11) is 0. The molecule has 1 rings (SSSR count). The van der Waals surface area contributed by atoms with Crippen LogP contribution in [-0.2, 0) is 0 Å². The Morgan fingerprint density at radius 2 is 1.90 bits per heavy atom. The van der Waals surface area contributed by atoms with E-state index in [0.29, 0.717) is 6.42 Å². The minimum absolute atomic E-state index is 0.00623. The number of hydrogen-bond acceptors (Lipinski definition) is 3. The molecular formula is C15H23F2NO2. The third-order valence-corrected chi connectivity index (χ3v) is 3.48. The monoisotopic (exact) mass is 287 g/mol. The van der Waals surface area contributed by atoms with Crippen molar-refractivity contribution in [3.63, 3.8) is 0 Å². The predicted molar refractivity (Wildman–Crippen MR) is 74.2 cm³/mol. The number of halogens is 2. The van der Waals surface area contributed by atoms with Crippen LogP contribution >= 0.6 is 0 Å². The van der Waals surface area contributed by atoms with E-state index in [-0.39, 0.29) is 24.1 Å².